The van der Waals surface area contributed by atoms with Crippen molar-refractivity contribution in [2.45, 2.75) is 18.6 Å². The lowest BCUT2D eigenvalue weighted by Gasteiger charge is -2.05. The summed E-state index contributed by atoms with van der Waals surface area (Å²) in [6, 6.07) is 14.7. The molecule has 0 saturated heterocycles. The standard InChI is InChI=1S/C15H14OS/c16-15(12-8-9-12)17-10-13-6-3-5-11-4-1-2-7-14(11)13/h1-7,12H,8-10H2. The van der Waals surface area contributed by atoms with Gasteiger partial charge in [-0.25, -0.2) is 0 Å². The highest BCUT2D eigenvalue weighted by Gasteiger charge is 2.29. The van der Waals surface area contributed by atoms with E-state index < -0.39 is 0 Å². The zero-order valence-electron chi connectivity index (χ0n) is 9.56. The van der Waals surface area contributed by atoms with E-state index in [1.54, 1.807) is 0 Å². The third kappa shape index (κ3) is 2.37. The number of thioether (sulfide) groups is 1. The summed E-state index contributed by atoms with van der Waals surface area (Å²) in [7, 11) is 0. The molecule has 2 aromatic carbocycles. The van der Waals surface area contributed by atoms with Crippen LogP contribution in [0.4, 0.5) is 0 Å². The fourth-order valence-corrected chi connectivity index (χ4v) is 3.03. The molecular formula is C15H14OS. The second-order valence-corrected chi connectivity index (χ2v) is 5.50. The minimum atomic E-state index is 0.356. The Kier molecular flexibility index (Phi) is 2.89. The first-order valence-electron chi connectivity index (χ1n) is 5.98. The van der Waals surface area contributed by atoms with Gasteiger partial charge in [0.15, 0.2) is 5.12 Å². The Morgan fingerprint density at radius 2 is 1.88 bits per heavy atom. The summed E-state index contributed by atoms with van der Waals surface area (Å²) in [6.07, 6.45) is 2.20. The predicted octanol–water partition coefficient (Wildman–Crippen LogP) is 4.01. The SMILES string of the molecule is O=C(SCc1cccc2ccccc12)C1CC1. The molecule has 0 aliphatic heterocycles. The molecule has 2 heteroatoms. The molecule has 0 bridgehead atoms. The van der Waals surface area contributed by atoms with Crippen molar-refractivity contribution < 1.29 is 4.79 Å². The Morgan fingerprint density at radius 3 is 2.71 bits per heavy atom. The molecule has 0 amide bonds. The van der Waals surface area contributed by atoms with Crippen LogP contribution in [0.1, 0.15) is 18.4 Å². The largest absolute Gasteiger partial charge is 0.287 e. The fourth-order valence-electron chi connectivity index (χ4n) is 2.00. The Balaban J connectivity index is 1.82. The molecule has 1 nitrogen and oxygen atoms in total. The summed E-state index contributed by atoms with van der Waals surface area (Å²) in [4.78, 5) is 11.7. The third-order valence-electron chi connectivity index (χ3n) is 3.16. The topological polar surface area (TPSA) is 17.1 Å². The van der Waals surface area contributed by atoms with Crippen LogP contribution in [0.15, 0.2) is 42.5 Å². The van der Waals surface area contributed by atoms with Crippen molar-refractivity contribution in [3.63, 3.8) is 0 Å². The summed E-state index contributed by atoms with van der Waals surface area (Å²) in [5.41, 5.74) is 1.27. The zero-order valence-corrected chi connectivity index (χ0v) is 10.4. The number of benzene rings is 2. The van der Waals surface area contributed by atoms with Crippen LogP contribution in [-0.2, 0) is 10.5 Å². The number of fused-ring (bicyclic) bond motifs is 1. The maximum Gasteiger partial charge on any atom is 0.192 e. The van der Waals surface area contributed by atoms with Crippen molar-refractivity contribution in [3.8, 4) is 0 Å². The quantitative estimate of drug-likeness (QED) is 0.809. The van der Waals surface area contributed by atoms with Crippen LogP contribution < -0.4 is 0 Å². The lowest BCUT2D eigenvalue weighted by Crippen LogP contribution is -1.94. The number of rotatable bonds is 3. The van der Waals surface area contributed by atoms with E-state index in [-0.39, 0.29) is 0 Å². The molecule has 1 aliphatic carbocycles. The van der Waals surface area contributed by atoms with Crippen molar-refractivity contribution >= 4 is 27.6 Å². The fraction of sp³-hybridized carbons (Fsp3) is 0.267. The van der Waals surface area contributed by atoms with Gasteiger partial charge in [0.25, 0.3) is 0 Å². The number of carbonyl (C=O) groups excluding carboxylic acids is 1. The smallest absolute Gasteiger partial charge is 0.192 e. The van der Waals surface area contributed by atoms with Gasteiger partial charge < -0.3 is 0 Å². The number of hydrogen-bond donors (Lipinski definition) is 0. The van der Waals surface area contributed by atoms with Gasteiger partial charge in [-0.15, -0.1) is 0 Å². The van der Waals surface area contributed by atoms with Gasteiger partial charge in [0.1, 0.15) is 0 Å². The Hall–Kier alpha value is -1.28. The van der Waals surface area contributed by atoms with Crippen LogP contribution in [0.2, 0.25) is 0 Å². The van der Waals surface area contributed by atoms with Gasteiger partial charge in [-0.05, 0) is 29.2 Å². The molecule has 1 fully saturated rings. The van der Waals surface area contributed by atoms with Gasteiger partial charge in [-0.2, -0.15) is 0 Å². The van der Waals surface area contributed by atoms with E-state index in [9.17, 15) is 4.79 Å². The summed E-state index contributed by atoms with van der Waals surface area (Å²) in [6.45, 7) is 0. The molecule has 0 N–H and O–H groups in total. The third-order valence-corrected chi connectivity index (χ3v) is 4.23. The molecule has 0 heterocycles. The molecular weight excluding hydrogens is 228 g/mol. The van der Waals surface area contributed by atoms with Crippen molar-refractivity contribution in [2.75, 3.05) is 0 Å². The Bertz CT molecular complexity index is 552. The van der Waals surface area contributed by atoms with Gasteiger partial charge in [0, 0.05) is 11.7 Å². The first-order chi connectivity index (χ1) is 8.34. The van der Waals surface area contributed by atoms with Crippen LogP contribution >= 0.6 is 11.8 Å². The van der Waals surface area contributed by atoms with E-state index in [0.717, 1.165) is 18.6 Å². The van der Waals surface area contributed by atoms with E-state index in [1.807, 2.05) is 0 Å². The summed E-state index contributed by atoms with van der Waals surface area (Å²) in [5, 5.41) is 2.90. The highest BCUT2D eigenvalue weighted by Crippen LogP contribution is 2.35. The molecule has 17 heavy (non-hydrogen) atoms. The maximum absolute atomic E-state index is 11.7. The molecule has 0 aromatic heterocycles. The second kappa shape index (κ2) is 4.53. The summed E-state index contributed by atoms with van der Waals surface area (Å²) < 4.78 is 0. The molecule has 0 spiro atoms. The molecule has 0 atom stereocenters. The first kappa shape index (κ1) is 10.8. The normalized spacial score (nSPS) is 15.1. The first-order valence-corrected chi connectivity index (χ1v) is 6.96. The average molecular weight is 242 g/mol. The van der Waals surface area contributed by atoms with E-state index in [2.05, 4.69) is 42.5 Å². The minimum Gasteiger partial charge on any atom is -0.287 e. The van der Waals surface area contributed by atoms with Gasteiger partial charge in [0.2, 0.25) is 0 Å². The van der Waals surface area contributed by atoms with Crippen LogP contribution in [0.5, 0.6) is 0 Å². The zero-order chi connectivity index (χ0) is 11.7. The molecule has 1 saturated carbocycles. The van der Waals surface area contributed by atoms with Gasteiger partial charge in [-0.1, -0.05) is 54.2 Å². The van der Waals surface area contributed by atoms with E-state index in [1.165, 1.54) is 28.1 Å². The van der Waals surface area contributed by atoms with Crippen LogP contribution in [0, 0.1) is 5.92 Å². The van der Waals surface area contributed by atoms with Gasteiger partial charge in [0.05, 0.1) is 0 Å². The average Bonchev–Trinajstić information content (AvgIpc) is 3.20. The number of carbonyl (C=O) groups is 1. The summed E-state index contributed by atoms with van der Waals surface area (Å²) in [5.74, 6) is 1.16. The molecule has 0 radical (unpaired) electrons. The molecule has 0 unspecified atom stereocenters. The maximum atomic E-state index is 11.7. The second-order valence-electron chi connectivity index (χ2n) is 4.52. The summed E-state index contributed by atoms with van der Waals surface area (Å²) >= 11 is 1.48. The number of hydrogen-bond acceptors (Lipinski definition) is 2. The minimum absolute atomic E-state index is 0.356. The van der Waals surface area contributed by atoms with Crippen molar-refractivity contribution in [1.29, 1.82) is 0 Å². The lowest BCUT2D eigenvalue weighted by atomic mass is 10.1. The van der Waals surface area contributed by atoms with Crippen LogP contribution in [0.3, 0.4) is 0 Å². The molecule has 86 valence electrons. The van der Waals surface area contributed by atoms with Crippen LogP contribution in [-0.4, -0.2) is 5.12 Å². The van der Waals surface area contributed by atoms with E-state index >= 15 is 0 Å². The molecule has 1 aliphatic rings. The molecule has 3 rings (SSSR count). The lowest BCUT2D eigenvalue weighted by molar-refractivity contribution is -0.112. The van der Waals surface area contributed by atoms with Crippen molar-refractivity contribution in [3.05, 3.63) is 48.0 Å². The van der Waals surface area contributed by atoms with E-state index in [0.29, 0.717) is 11.0 Å². The monoisotopic (exact) mass is 242 g/mol. The van der Waals surface area contributed by atoms with Crippen molar-refractivity contribution in [2.24, 2.45) is 5.92 Å². The van der Waals surface area contributed by atoms with E-state index in [4.69, 9.17) is 0 Å². The Morgan fingerprint density at radius 1 is 1.12 bits per heavy atom. The highest BCUT2D eigenvalue weighted by atomic mass is 32.2. The van der Waals surface area contributed by atoms with Crippen LogP contribution in [0.25, 0.3) is 10.8 Å². The molecule has 2 aromatic rings. The van der Waals surface area contributed by atoms with Crippen molar-refractivity contribution in [1.82, 2.24) is 0 Å². The van der Waals surface area contributed by atoms with Gasteiger partial charge >= 0.3 is 0 Å². The Labute approximate surface area is 105 Å². The highest BCUT2D eigenvalue weighted by molar-refractivity contribution is 8.13. The predicted molar refractivity (Wildman–Crippen MR) is 73.0 cm³/mol. The van der Waals surface area contributed by atoms with Gasteiger partial charge in [-0.3, -0.25) is 4.79 Å².